The van der Waals surface area contributed by atoms with Gasteiger partial charge >= 0.3 is 27.1 Å². The molecule has 0 bridgehead atoms. The van der Waals surface area contributed by atoms with Crippen LogP contribution in [0, 0.1) is 10.1 Å². The van der Waals surface area contributed by atoms with Gasteiger partial charge in [0.2, 0.25) is 0 Å². The number of nitrogens with one attached hydrogen (secondary N) is 2. The molecule has 1 heterocycles. The van der Waals surface area contributed by atoms with Gasteiger partial charge in [0.1, 0.15) is 5.69 Å². The average molecular weight is 383 g/mol. The lowest BCUT2D eigenvalue weighted by molar-refractivity contribution is -0.386. The van der Waals surface area contributed by atoms with Gasteiger partial charge in [-0.25, -0.2) is 4.79 Å². The maximum atomic E-state index is 11.5. The summed E-state index contributed by atoms with van der Waals surface area (Å²) in [5, 5.41) is 11.0. The summed E-state index contributed by atoms with van der Waals surface area (Å²) in [7, 11) is -2.45. The Morgan fingerprint density at radius 1 is 1.15 bits per heavy atom. The second-order valence-corrected chi connectivity index (χ2v) is 6.53. The van der Waals surface area contributed by atoms with E-state index >= 15 is 0 Å². The zero-order valence-electron chi connectivity index (χ0n) is 13.5. The molecule has 11 nitrogen and oxygen atoms in total. The van der Waals surface area contributed by atoms with Crippen molar-refractivity contribution < 1.29 is 22.3 Å². The number of nitro groups is 1. The van der Waals surface area contributed by atoms with Gasteiger partial charge in [0.25, 0.3) is 0 Å². The highest BCUT2D eigenvalue weighted by atomic mass is 32.2. The van der Waals surface area contributed by atoms with Gasteiger partial charge < -0.3 is 13.9 Å². The number of aromatic amines is 2. The van der Waals surface area contributed by atoms with Gasteiger partial charge in [-0.05, 0) is 23.8 Å². The first kappa shape index (κ1) is 18.9. The van der Waals surface area contributed by atoms with E-state index in [0.717, 1.165) is 6.26 Å². The molecular weight excluding hydrogens is 370 g/mol. The summed E-state index contributed by atoms with van der Waals surface area (Å²) in [6.45, 7) is 0. The van der Waals surface area contributed by atoms with Crippen LogP contribution in [0.3, 0.4) is 0 Å². The van der Waals surface area contributed by atoms with Crippen molar-refractivity contribution in [2.24, 2.45) is 0 Å². The molecule has 1 aromatic carbocycles. The largest absolute Gasteiger partial charge is 0.493 e. The highest BCUT2D eigenvalue weighted by Gasteiger charge is 2.19. The SMILES string of the molecule is COc1cc(/C=C/c2[nH]c(=O)[nH]c(=O)c2[N+](=O)[O-])ccc1OS(C)(=O)=O. The minimum atomic E-state index is -3.75. The summed E-state index contributed by atoms with van der Waals surface area (Å²) < 4.78 is 32.2. The van der Waals surface area contributed by atoms with Gasteiger partial charge in [0.15, 0.2) is 11.5 Å². The Kier molecular flexibility index (Phi) is 5.26. The summed E-state index contributed by atoms with van der Waals surface area (Å²) in [6.07, 6.45) is 3.41. The summed E-state index contributed by atoms with van der Waals surface area (Å²) in [6, 6.07) is 4.19. The minimum absolute atomic E-state index is 0.0392. The van der Waals surface area contributed by atoms with Crippen molar-refractivity contribution in [3.05, 3.63) is 60.4 Å². The van der Waals surface area contributed by atoms with Crippen LogP contribution < -0.4 is 20.2 Å². The van der Waals surface area contributed by atoms with Crippen LogP contribution in [-0.2, 0) is 10.1 Å². The highest BCUT2D eigenvalue weighted by molar-refractivity contribution is 7.86. The van der Waals surface area contributed by atoms with E-state index in [1.54, 1.807) is 4.98 Å². The molecule has 0 amide bonds. The van der Waals surface area contributed by atoms with Crippen LogP contribution in [0.1, 0.15) is 11.3 Å². The number of ether oxygens (including phenoxy) is 1. The monoisotopic (exact) mass is 383 g/mol. The average Bonchev–Trinajstić information content (AvgIpc) is 2.51. The van der Waals surface area contributed by atoms with Gasteiger partial charge in [0, 0.05) is 0 Å². The molecule has 0 spiro atoms. The molecule has 0 aliphatic carbocycles. The molecule has 138 valence electrons. The van der Waals surface area contributed by atoms with Gasteiger partial charge in [-0.15, -0.1) is 0 Å². The Hall–Kier alpha value is -3.41. The lowest BCUT2D eigenvalue weighted by atomic mass is 10.1. The number of hydrogen-bond donors (Lipinski definition) is 2. The van der Waals surface area contributed by atoms with Crippen molar-refractivity contribution in [2.75, 3.05) is 13.4 Å². The number of hydrogen-bond acceptors (Lipinski definition) is 8. The first-order chi connectivity index (χ1) is 12.1. The molecule has 2 aromatic rings. The Balaban J connectivity index is 2.45. The summed E-state index contributed by atoms with van der Waals surface area (Å²) in [5.41, 5.74) is -2.69. The topological polar surface area (TPSA) is 161 Å². The lowest BCUT2D eigenvalue weighted by Crippen LogP contribution is -2.25. The number of aromatic nitrogens is 2. The van der Waals surface area contributed by atoms with Crippen LogP contribution in [0.25, 0.3) is 12.2 Å². The van der Waals surface area contributed by atoms with E-state index < -0.39 is 32.0 Å². The molecule has 0 unspecified atom stereocenters. The molecule has 0 atom stereocenters. The fourth-order valence-corrected chi connectivity index (χ4v) is 2.46. The first-order valence-electron chi connectivity index (χ1n) is 6.87. The third-order valence-corrected chi connectivity index (χ3v) is 3.48. The third-order valence-electron chi connectivity index (χ3n) is 3.00. The smallest absolute Gasteiger partial charge is 0.357 e. The maximum absolute atomic E-state index is 11.5. The molecule has 26 heavy (non-hydrogen) atoms. The second-order valence-electron chi connectivity index (χ2n) is 4.96. The van der Waals surface area contributed by atoms with Gasteiger partial charge in [0.05, 0.1) is 18.3 Å². The zero-order chi connectivity index (χ0) is 19.5. The minimum Gasteiger partial charge on any atom is -0.493 e. The normalized spacial score (nSPS) is 11.5. The third kappa shape index (κ3) is 4.57. The summed E-state index contributed by atoms with van der Waals surface area (Å²) >= 11 is 0. The first-order valence-corrected chi connectivity index (χ1v) is 8.69. The van der Waals surface area contributed by atoms with Crippen LogP contribution in [0.2, 0.25) is 0 Å². The zero-order valence-corrected chi connectivity index (χ0v) is 14.3. The van der Waals surface area contributed by atoms with Crippen molar-refractivity contribution in [3.63, 3.8) is 0 Å². The second kappa shape index (κ2) is 7.23. The number of methoxy groups -OCH3 is 1. The molecule has 0 radical (unpaired) electrons. The molecule has 0 saturated heterocycles. The van der Waals surface area contributed by atoms with Crippen LogP contribution in [0.15, 0.2) is 27.8 Å². The number of nitrogens with zero attached hydrogens (tertiary/aromatic N) is 1. The summed E-state index contributed by atoms with van der Waals surface area (Å²) in [4.78, 5) is 36.9. The van der Waals surface area contributed by atoms with Crippen molar-refractivity contribution in [1.82, 2.24) is 9.97 Å². The van der Waals surface area contributed by atoms with Crippen LogP contribution in [-0.4, -0.2) is 36.7 Å². The molecule has 1 aromatic heterocycles. The quantitative estimate of drug-likeness (QED) is 0.414. The molecule has 12 heteroatoms. The van der Waals surface area contributed by atoms with E-state index in [9.17, 15) is 28.1 Å². The molecular formula is C14H13N3O8S. The molecule has 0 aliphatic rings. The molecule has 0 saturated carbocycles. The number of rotatable bonds is 6. The molecule has 0 fully saturated rings. The van der Waals surface area contributed by atoms with Crippen molar-refractivity contribution >= 4 is 28.0 Å². The van der Waals surface area contributed by atoms with E-state index in [2.05, 4.69) is 4.98 Å². The van der Waals surface area contributed by atoms with Crippen molar-refractivity contribution in [2.45, 2.75) is 0 Å². The van der Waals surface area contributed by atoms with Crippen LogP contribution in [0.4, 0.5) is 5.69 Å². The predicted molar refractivity (Wildman–Crippen MR) is 91.7 cm³/mol. The van der Waals surface area contributed by atoms with Crippen molar-refractivity contribution in [3.8, 4) is 11.5 Å². The molecule has 2 rings (SSSR count). The van der Waals surface area contributed by atoms with Gasteiger partial charge in [-0.1, -0.05) is 12.1 Å². The van der Waals surface area contributed by atoms with Gasteiger partial charge in [-0.2, -0.15) is 8.42 Å². The van der Waals surface area contributed by atoms with Crippen LogP contribution >= 0.6 is 0 Å². The predicted octanol–water partition coefficient (Wildman–Crippen LogP) is 0.489. The fourth-order valence-electron chi connectivity index (χ4n) is 2.00. The number of H-pyrrole nitrogens is 2. The summed E-state index contributed by atoms with van der Waals surface area (Å²) in [5.74, 6) is 0.0640. The van der Waals surface area contributed by atoms with E-state index in [1.165, 1.54) is 37.5 Å². The van der Waals surface area contributed by atoms with E-state index in [-0.39, 0.29) is 17.2 Å². The van der Waals surface area contributed by atoms with Crippen molar-refractivity contribution in [1.29, 1.82) is 0 Å². The lowest BCUT2D eigenvalue weighted by Gasteiger charge is -2.09. The van der Waals surface area contributed by atoms with E-state index in [0.29, 0.717) is 5.56 Å². The van der Waals surface area contributed by atoms with Gasteiger partial charge in [-0.3, -0.25) is 19.9 Å². The highest BCUT2D eigenvalue weighted by Crippen LogP contribution is 2.29. The molecule has 0 aliphatic heterocycles. The Morgan fingerprint density at radius 3 is 2.42 bits per heavy atom. The van der Waals surface area contributed by atoms with Crippen LogP contribution in [0.5, 0.6) is 11.5 Å². The standard InChI is InChI=1S/C14H13N3O8S/c1-24-11-7-8(4-6-10(11)25-26(2,22)23)3-5-9-12(17(20)21)13(18)16-14(19)15-9/h3-7H,1-2H3,(H2,15,16,18,19)/b5-3+. The molecule has 2 N–H and O–H groups in total. The Morgan fingerprint density at radius 2 is 1.85 bits per heavy atom. The Labute approximate surface area is 146 Å². The van der Waals surface area contributed by atoms with E-state index in [1.807, 2.05) is 0 Å². The fraction of sp³-hybridized carbons (Fsp3) is 0.143. The maximum Gasteiger partial charge on any atom is 0.357 e. The Bertz CT molecular complexity index is 1100. The number of benzene rings is 1. The van der Waals surface area contributed by atoms with E-state index in [4.69, 9.17) is 8.92 Å².